The number of isothiocyanates is 2. The van der Waals surface area contributed by atoms with Crippen LogP contribution in [0.15, 0.2) is 134 Å². The van der Waals surface area contributed by atoms with Gasteiger partial charge in [0.05, 0.1) is 28.8 Å². The van der Waals surface area contributed by atoms with Gasteiger partial charge in [-0.2, -0.15) is 15.6 Å². The number of nitrogens with zero attached hydrogens (tertiary/aromatic N) is 7. The number of benzene rings is 2. The van der Waals surface area contributed by atoms with E-state index in [1.807, 2.05) is 48.5 Å². The van der Waals surface area contributed by atoms with Crippen molar-refractivity contribution in [3.05, 3.63) is 145 Å². The van der Waals surface area contributed by atoms with Gasteiger partial charge >= 0.3 is 19.5 Å². The van der Waals surface area contributed by atoms with Crippen molar-refractivity contribution in [1.82, 2.24) is 15.0 Å². The summed E-state index contributed by atoms with van der Waals surface area (Å²) in [6, 6.07) is 43.0. The van der Waals surface area contributed by atoms with Crippen LogP contribution in [0.1, 0.15) is 6.92 Å². The van der Waals surface area contributed by atoms with Gasteiger partial charge < -0.3 is 15.7 Å². The van der Waals surface area contributed by atoms with E-state index in [0.29, 0.717) is 0 Å². The topological polar surface area (TPSA) is 110 Å². The molecule has 0 spiro atoms. The molecule has 0 radical (unpaired) electrons. The largest absolute Gasteiger partial charge is 2.00 e. The molecule has 220 valence electrons. The van der Waals surface area contributed by atoms with Gasteiger partial charge in [0.1, 0.15) is 5.00 Å². The van der Waals surface area contributed by atoms with Gasteiger partial charge in [-0.1, -0.05) is 73.0 Å². The van der Waals surface area contributed by atoms with E-state index in [1.165, 1.54) is 17.2 Å². The van der Waals surface area contributed by atoms with Crippen molar-refractivity contribution < 1.29 is 19.5 Å². The standard InChI is InChI=1S/C31H22N4S.C2H3N.2CNS.Zn/c1-3-11-24(12-4-1)35(25-13-5-2-6-14-25)31-18-17-30(36-31)23-21-28(26-15-7-9-19-32-26)34-29(22-23)27-16-8-10-20-33-27;1-2-3;2*2-1-3;/h1-22H;1H3;;;/q;;2*-1;+2. The number of hydrogen-bond acceptors (Lipinski definition) is 8. The molecule has 2 aromatic carbocycles. The van der Waals surface area contributed by atoms with Gasteiger partial charge in [0.15, 0.2) is 0 Å². The van der Waals surface area contributed by atoms with Crippen LogP contribution in [-0.4, -0.2) is 25.3 Å². The second-order valence-electron chi connectivity index (χ2n) is 8.61. The Balaban J connectivity index is 0.000000664. The molecule has 7 nitrogen and oxygen atoms in total. The fraction of sp³-hybridized carbons (Fsp3) is 0.0286. The van der Waals surface area contributed by atoms with E-state index in [2.05, 4.69) is 112 Å². The van der Waals surface area contributed by atoms with Crippen molar-refractivity contribution in [1.29, 1.82) is 5.26 Å². The van der Waals surface area contributed by atoms with Gasteiger partial charge in [-0.05, 0) is 78.4 Å². The molecule has 0 unspecified atom stereocenters. The van der Waals surface area contributed by atoms with Crippen LogP contribution in [0.5, 0.6) is 0 Å². The number of thiophene rings is 1. The molecule has 0 aliphatic carbocycles. The quantitative estimate of drug-likeness (QED) is 0.0964. The summed E-state index contributed by atoms with van der Waals surface area (Å²) >= 11 is 9.15. The Morgan fingerprint density at radius 2 is 1.07 bits per heavy atom. The maximum absolute atomic E-state index is 7.32. The van der Waals surface area contributed by atoms with Crippen LogP contribution in [0, 0.1) is 11.3 Å². The number of thiocarbonyl (C=S) groups is 2. The summed E-state index contributed by atoms with van der Waals surface area (Å²) in [5.41, 5.74) is 6.65. The minimum atomic E-state index is 0. The van der Waals surface area contributed by atoms with E-state index in [1.54, 1.807) is 29.8 Å². The number of rotatable bonds is 6. The Bertz CT molecular complexity index is 1760. The van der Waals surface area contributed by atoms with Crippen molar-refractivity contribution in [2.45, 2.75) is 6.92 Å². The molecule has 11 heteroatoms. The summed E-state index contributed by atoms with van der Waals surface area (Å²) in [5.74, 6) is 0. The Morgan fingerprint density at radius 3 is 1.46 bits per heavy atom. The monoisotopic (exact) mass is 703 g/mol. The summed E-state index contributed by atoms with van der Waals surface area (Å²) in [6.45, 7) is 1.43. The molecule has 0 amide bonds. The molecule has 0 saturated carbocycles. The van der Waals surface area contributed by atoms with Crippen LogP contribution in [0.2, 0.25) is 0 Å². The Labute approximate surface area is 296 Å². The van der Waals surface area contributed by atoms with Crippen molar-refractivity contribution in [3.8, 4) is 39.3 Å². The fourth-order valence-corrected chi connectivity index (χ4v) is 5.16. The summed E-state index contributed by atoms with van der Waals surface area (Å²) in [6.07, 6.45) is 3.59. The molecule has 0 N–H and O–H groups in total. The van der Waals surface area contributed by atoms with Crippen LogP contribution < -0.4 is 4.90 Å². The molecule has 6 rings (SSSR count). The molecule has 0 aliphatic rings. The molecule has 4 heterocycles. The minimum Gasteiger partial charge on any atom is -0.753 e. The Hall–Kier alpha value is -4.90. The molecule has 0 saturated heterocycles. The third kappa shape index (κ3) is 10.9. The summed E-state index contributed by atoms with van der Waals surface area (Å²) in [4.78, 5) is 17.4. The zero-order valence-electron chi connectivity index (χ0n) is 24.8. The van der Waals surface area contributed by atoms with Crippen molar-refractivity contribution in [2.75, 3.05) is 4.90 Å². The third-order valence-corrected chi connectivity index (χ3v) is 6.92. The number of hydrogen-bond donors (Lipinski definition) is 0. The molecular weight excluding hydrogens is 680 g/mol. The van der Waals surface area contributed by atoms with E-state index in [-0.39, 0.29) is 19.5 Å². The number of para-hydroxylation sites is 2. The average molecular weight is 705 g/mol. The van der Waals surface area contributed by atoms with Crippen molar-refractivity contribution in [3.63, 3.8) is 0 Å². The second kappa shape index (κ2) is 20.9. The molecule has 46 heavy (non-hydrogen) atoms. The van der Waals surface area contributed by atoms with Gasteiger partial charge in [0.2, 0.25) is 0 Å². The summed E-state index contributed by atoms with van der Waals surface area (Å²) in [7, 11) is 0. The Morgan fingerprint density at radius 1 is 0.652 bits per heavy atom. The van der Waals surface area contributed by atoms with Crippen molar-refractivity contribution in [2.24, 2.45) is 0 Å². The molecule has 6 aromatic rings. The zero-order valence-corrected chi connectivity index (χ0v) is 30.2. The van der Waals surface area contributed by atoms with Crippen LogP contribution in [-0.2, 0) is 19.5 Å². The number of pyridine rings is 3. The summed E-state index contributed by atoms with van der Waals surface area (Å²) < 4.78 is 0. The van der Waals surface area contributed by atoms with Crippen LogP contribution in [0.4, 0.5) is 16.4 Å². The van der Waals surface area contributed by atoms with E-state index in [0.717, 1.165) is 49.6 Å². The molecule has 0 bridgehead atoms. The first-order valence-corrected chi connectivity index (χ1v) is 14.9. The normalized spacial score (nSPS) is 8.96. The predicted molar refractivity (Wildman–Crippen MR) is 192 cm³/mol. The number of nitriles is 1. The maximum Gasteiger partial charge on any atom is 2.00 e. The molecule has 0 aliphatic heterocycles. The average Bonchev–Trinajstić information content (AvgIpc) is 3.57. The molecule has 4 aromatic heterocycles. The van der Waals surface area contributed by atoms with E-state index < -0.39 is 0 Å². The maximum atomic E-state index is 7.32. The van der Waals surface area contributed by atoms with Gasteiger partial charge in [-0.3, -0.25) is 9.97 Å². The number of anilines is 3. The third-order valence-electron chi connectivity index (χ3n) is 5.81. The van der Waals surface area contributed by atoms with Gasteiger partial charge in [-0.15, -0.1) is 11.3 Å². The first-order valence-electron chi connectivity index (χ1n) is 13.3. The predicted octanol–water partition coefficient (Wildman–Crippen LogP) is 10.2. The second-order valence-corrected chi connectivity index (χ2v) is 10.0. The van der Waals surface area contributed by atoms with E-state index in [9.17, 15) is 0 Å². The molecular formula is C35H25N7S3Zn. The Kier molecular flexibility index (Phi) is 17.0. The van der Waals surface area contributed by atoms with Crippen molar-refractivity contribution >= 4 is 62.5 Å². The molecule has 0 fully saturated rings. The molecule has 0 atom stereocenters. The van der Waals surface area contributed by atoms with Gasteiger partial charge in [0, 0.05) is 35.6 Å². The van der Waals surface area contributed by atoms with E-state index in [4.69, 9.17) is 21.1 Å². The first kappa shape index (κ1) is 37.3. The van der Waals surface area contributed by atoms with Gasteiger partial charge in [0.25, 0.3) is 0 Å². The zero-order chi connectivity index (χ0) is 32.3. The minimum absolute atomic E-state index is 0. The van der Waals surface area contributed by atoms with Crippen LogP contribution >= 0.6 is 35.8 Å². The SMILES string of the molecule is CC#N.[N-]=C=S.[N-]=C=S.[Zn+2].c1ccc(N(c2ccccc2)c2ccc(-c3cc(-c4ccccn4)nc(-c4ccccn4)c3)s2)cc1. The number of aromatic nitrogens is 3. The fourth-order valence-electron chi connectivity index (χ4n) is 4.12. The first-order chi connectivity index (χ1) is 22.1. The van der Waals surface area contributed by atoms with Crippen LogP contribution in [0.3, 0.4) is 0 Å². The van der Waals surface area contributed by atoms with Crippen LogP contribution in [0.25, 0.3) is 44.0 Å². The van der Waals surface area contributed by atoms with E-state index >= 15 is 0 Å². The van der Waals surface area contributed by atoms with Gasteiger partial charge in [-0.25, -0.2) is 4.98 Å². The summed E-state index contributed by atoms with van der Waals surface area (Å²) in [5, 5.41) is 25.4. The smallest absolute Gasteiger partial charge is 0.753 e.